The average molecular weight is 274 g/mol. The first-order chi connectivity index (χ1) is 9.70. The molecule has 0 radical (unpaired) electrons. The molecule has 110 valence electrons. The number of hydrogen-bond donors (Lipinski definition) is 1. The van der Waals surface area contributed by atoms with Crippen LogP contribution in [0.1, 0.15) is 43.7 Å². The molecule has 1 N–H and O–H groups in total. The molecule has 1 saturated heterocycles. The second-order valence-corrected chi connectivity index (χ2v) is 5.67. The average Bonchev–Trinajstić information content (AvgIpc) is 2.97. The summed E-state index contributed by atoms with van der Waals surface area (Å²) in [6.07, 6.45) is 4.11. The highest BCUT2D eigenvalue weighted by molar-refractivity contribution is 5.76. The molecule has 1 aliphatic heterocycles. The van der Waals surface area contributed by atoms with Gasteiger partial charge in [0.25, 0.3) is 0 Å². The molecule has 0 aliphatic carbocycles. The lowest BCUT2D eigenvalue weighted by molar-refractivity contribution is -0.131. The van der Waals surface area contributed by atoms with E-state index in [2.05, 4.69) is 31.3 Å². The molecule has 1 fully saturated rings. The minimum Gasteiger partial charge on any atom is -0.339 e. The molecular weight excluding hydrogens is 248 g/mol. The molecule has 0 aromatic heterocycles. The van der Waals surface area contributed by atoms with Crippen LogP contribution >= 0.6 is 0 Å². The number of benzene rings is 1. The van der Waals surface area contributed by atoms with E-state index in [0.717, 1.165) is 26.1 Å². The van der Waals surface area contributed by atoms with Crippen molar-refractivity contribution in [3.05, 3.63) is 35.4 Å². The van der Waals surface area contributed by atoms with Crippen LogP contribution in [0, 0.1) is 6.92 Å². The van der Waals surface area contributed by atoms with Crippen molar-refractivity contribution in [2.24, 2.45) is 0 Å². The third-order valence-electron chi connectivity index (χ3n) is 4.23. The van der Waals surface area contributed by atoms with Gasteiger partial charge in [0.05, 0.1) is 0 Å². The van der Waals surface area contributed by atoms with Gasteiger partial charge in [-0.05, 0) is 50.8 Å². The van der Waals surface area contributed by atoms with E-state index in [9.17, 15) is 4.79 Å². The predicted molar refractivity (Wildman–Crippen MR) is 82.5 cm³/mol. The topological polar surface area (TPSA) is 32.3 Å². The second-order valence-electron chi connectivity index (χ2n) is 5.67. The maximum Gasteiger partial charge on any atom is 0.222 e. The van der Waals surface area contributed by atoms with Gasteiger partial charge in [-0.1, -0.05) is 24.3 Å². The highest BCUT2D eigenvalue weighted by Crippen LogP contribution is 2.14. The fourth-order valence-electron chi connectivity index (χ4n) is 2.83. The molecule has 1 atom stereocenters. The van der Waals surface area contributed by atoms with E-state index in [1.807, 2.05) is 17.0 Å². The summed E-state index contributed by atoms with van der Waals surface area (Å²) in [5.74, 6) is 0.282. The second kappa shape index (κ2) is 7.44. The van der Waals surface area contributed by atoms with Crippen LogP contribution < -0.4 is 5.32 Å². The summed E-state index contributed by atoms with van der Waals surface area (Å²) in [4.78, 5) is 14.3. The molecule has 3 heteroatoms. The zero-order valence-electron chi connectivity index (χ0n) is 12.7. The Morgan fingerprint density at radius 2 is 2.20 bits per heavy atom. The quantitative estimate of drug-likeness (QED) is 0.865. The summed E-state index contributed by atoms with van der Waals surface area (Å²) in [5, 5.41) is 3.46. The molecule has 20 heavy (non-hydrogen) atoms. The van der Waals surface area contributed by atoms with E-state index < -0.39 is 0 Å². The number of nitrogens with zero attached hydrogens (tertiary/aromatic N) is 1. The van der Waals surface area contributed by atoms with E-state index in [1.165, 1.54) is 24.0 Å². The molecule has 1 heterocycles. The molecular formula is C17H26N2O. The summed E-state index contributed by atoms with van der Waals surface area (Å²) in [7, 11) is 0. The van der Waals surface area contributed by atoms with Crippen molar-refractivity contribution >= 4 is 5.91 Å². The normalized spacial score (nSPS) is 18.2. The molecule has 0 saturated carbocycles. The summed E-state index contributed by atoms with van der Waals surface area (Å²) in [6.45, 7) is 6.80. The lowest BCUT2D eigenvalue weighted by Crippen LogP contribution is -2.32. The van der Waals surface area contributed by atoms with Crippen molar-refractivity contribution in [3.8, 4) is 0 Å². The maximum atomic E-state index is 12.3. The minimum absolute atomic E-state index is 0.282. The van der Waals surface area contributed by atoms with Gasteiger partial charge in [0.1, 0.15) is 0 Å². The lowest BCUT2D eigenvalue weighted by Gasteiger charge is -2.22. The van der Waals surface area contributed by atoms with Gasteiger partial charge in [-0.3, -0.25) is 4.79 Å². The van der Waals surface area contributed by atoms with Gasteiger partial charge in [-0.15, -0.1) is 0 Å². The van der Waals surface area contributed by atoms with Gasteiger partial charge < -0.3 is 10.2 Å². The van der Waals surface area contributed by atoms with Gasteiger partial charge in [-0.2, -0.15) is 0 Å². The van der Waals surface area contributed by atoms with Crippen LogP contribution in [-0.4, -0.2) is 29.9 Å². The first kappa shape index (κ1) is 15.0. The third kappa shape index (κ3) is 4.07. The van der Waals surface area contributed by atoms with Crippen LogP contribution in [0.25, 0.3) is 0 Å². The molecule has 2 rings (SSSR count). The molecule has 1 aromatic carbocycles. The van der Waals surface area contributed by atoms with Crippen LogP contribution in [0.2, 0.25) is 0 Å². The van der Waals surface area contributed by atoms with Crippen molar-refractivity contribution in [1.82, 2.24) is 10.2 Å². The fourth-order valence-corrected chi connectivity index (χ4v) is 2.83. The van der Waals surface area contributed by atoms with E-state index >= 15 is 0 Å². The predicted octanol–water partition coefficient (Wildman–Crippen LogP) is 2.88. The lowest BCUT2D eigenvalue weighted by atomic mass is 10.1. The number of hydrogen-bond acceptors (Lipinski definition) is 2. The van der Waals surface area contributed by atoms with E-state index in [4.69, 9.17) is 0 Å². The van der Waals surface area contributed by atoms with Crippen LogP contribution in [0.5, 0.6) is 0 Å². The number of carbonyl (C=O) groups excluding carboxylic acids is 1. The first-order valence-electron chi connectivity index (χ1n) is 7.76. The smallest absolute Gasteiger partial charge is 0.222 e. The third-order valence-corrected chi connectivity index (χ3v) is 4.23. The van der Waals surface area contributed by atoms with E-state index in [-0.39, 0.29) is 5.91 Å². The van der Waals surface area contributed by atoms with Crippen LogP contribution in [0.15, 0.2) is 24.3 Å². The Kier molecular flexibility index (Phi) is 5.60. The van der Waals surface area contributed by atoms with Crippen LogP contribution in [-0.2, 0) is 11.3 Å². The van der Waals surface area contributed by atoms with Crippen molar-refractivity contribution in [2.45, 2.75) is 52.1 Å². The van der Waals surface area contributed by atoms with Gasteiger partial charge in [0.2, 0.25) is 5.91 Å². The molecule has 1 aromatic rings. The highest BCUT2D eigenvalue weighted by atomic mass is 16.2. The Balaban J connectivity index is 1.87. The Bertz CT molecular complexity index is 438. The zero-order valence-corrected chi connectivity index (χ0v) is 12.7. The van der Waals surface area contributed by atoms with Crippen molar-refractivity contribution in [2.75, 3.05) is 13.1 Å². The van der Waals surface area contributed by atoms with Crippen LogP contribution in [0.4, 0.5) is 0 Å². The van der Waals surface area contributed by atoms with Crippen LogP contribution in [0.3, 0.4) is 0 Å². The van der Waals surface area contributed by atoms with Gasteiger partial charge >= 0.3 is 0 Å². The number of amides is 1. The van der Waals surface area contributed by atoms with Gasteiger partial charge in [-0.25, -0.2) is 0 Å². The van der Waals surface area contributed by atoms with E-state index in [1.54, 1.807) is 0 Å². The Morgan fingerprint density at radius 1 is 1.40 bits per heavy atom. The summed E-state index contributed by atoms with van der Waals surface area (Å²) < 4.78 is 0. The molecule has 0 spiro atoms. The zero-order chi connectivity index (χ0) is 14.4. The monoisotopic (exact) mass is 274 g/mol. The number of carbonyl (C=O) groups is 1. The number of rotatable bonds is 6. The maximum absolute atomic E-state index is 12.3. The Hall–Kier alpha value is -1.35. The fraction of sp³-hybridized carbons (Fsp3) is 0.588. The molecule has 1 amide bonds. The number of nitrogens with one attached hydrogen (secondary N) is 1. The number of aryl methyl sites for hydroxylation is 1. The van der Waals surface area contributed by atoms with Gasteiger partial charge in [0, 0.05) is 25.6 Å². The van der Waals surface area contributed by atoms with Crippen molar-refractivity contribution < 1.29 is 4.79 Å². The van der Waals surface area contributed by atoms with Crippen molar-refractivity contribution in [3.63, 3.8) is 0 Å². The standard InChI is InChI=1S/C17H26N2O/c1-3-19(13-15-8-5-4-7-14(15)2)17(20)11-10-16-9-6-12-18-16/h4-5,7-8,16,18H,3,6,9-13H2,1-2H3. The largest absolute Gasteiger partial charge is 0.339 e. The SMILES string of the molecule is CCN(Cc1ccccc1C)C(=O)CCC1CCCN1. The summed E-state index contributed by atoms with van der Waals surface area (Å²) >= 11 is 0. The highest BCUT2D eigenvalue weighted by Gasteiger charge is 2.18. The molecule has 3 nitrogen and oxygen atoms in total. The molecule has 1 unspecified atom stereocenters. The minimum atomic E-state index is 0.282. The molecule has 0 bridgehead atoms. The summed E-state index contributed by atoms with van der Waals surface area (Å²) in [5.41, 5.74) is 2.51. The molecule has 1 aliphatic rings. The van der Waals surface area contributed by atoms with Crippen molar-refractivity contribution in [1.29, 1.82) is 0 Å². The van der Waals surface area contributed by atoms with E-state index in [0.29, 0.717) is 12.5 Å². The summed E-state index contributed by atoms with van der Waals surface area (Å²) in [6, 6.07) is 8.86. The Labute approximate surface area is 122 Å². The Morgan fingerprint density at radius 3 is 2.85 bits per heavy atom. The first-order valence-corrected chi connectivity index (χ1v) is 7.76. The van der Waals surface area contributed by atoms with Gasteiger partial charge in [0.15, 0.2) is 0 Å².